The Labute approximate surface area is 189 Å². The van der Waals surface area contributed by atoms with Crippen molar-refractivity contribution in [2.75, 3.05) is 25.5 Å². The molecule has 1 saturated carbocycles. The summed E-state index contributed by atoms with van der Waals surface area (Å²) in [6.45, 7) is 5.19. The number of likely N-dealkylation sites (N-methyl/N-ethyl adjacent to an activating group) is 1. The third kappa shape index (κ3) is 6.57. The summed E-state index contributed by atoms with van der Waals surface area (Å²) in [6, 6.07) is 3.80. The molecule has 0 aromatic carbocycles. The van der Waals surface area contributed by atoms with E-state index in [-0.39, 0.29) is 12.7 Å². The molecule has 32 heavy (non-hydrogen) atoms. The van der Waals surface area contributed by atoms with Crippen LogP contribution in [-0.4, -0.2) is 46.4 Å². The van der Waals surface area contributed by atoms with Crippen molar-refractivity contribution in [1.82, 2.24) is 20.1 Å². The van der Waals surface area contributed by atoms with Crippen molar-refractivity contribution in [2.24, 2.45) is 11.6 Å². The van der Waals surface area contributed by atoms with Gasteiger partial charge in [0, 0.05) is 13.7 Å². The number of hydrogen-bond acceptors (Lipinski definition) is 10. The van der Waals surface area contributed by atoms with Gasteiger partial charge in [0.25, 0.3) is 11.8 Å². The van der Waals surface area contributed by atoms with Gasteiger partial charge in [-0.3, -0.25) is 0 Å². The van der Waals surface area contributed by atoms with Crippen LogP contribution in [0, 0.1) is 6.92 Å². The molecular weight excluding hydrogens is 410 g/mol. The second kappa shape index (κ2) is 11.7. The number of hydrogen-bond donors (Lipinski definition) is 3. The highest BCUT2D eigenvalue weighted by atomic mass is 16.5. The normalized spacial score (nSPS) is 15.4. The molecule has 2 aromatic rings. The van der Waals surface area contributed by atoms with E-state index in [0.29, 0.717) is 42.1 Å². The van der Waals surface area contributed by atoms with Crippen molar-refractivity contribution in [2.45, 2.75) is 65.1 Å². The number of nitrogens with two attached hydrogens (primary N) is 2. The molecule has 5 N–H and O–H groups in total. The maximum absolute atomic E-state index is 6.42. The molecule has 3 rings (SSSR count). The van der Waals surface area contributed by atoms with Crippen LogP contribution in [0.4, 0.5) is 5.95 Å². The van der Waals surface area contributed by atoms with Crippen LogP contribution in [0.25, 0.3) is 5.70 Å². The number of hydrazine groups is 1. The number of nitrogens with one attached hydrogen (secondary N) is 1. The van der Waals surface area contributed by atoms with Crippen molar-refractivity contribution in [1.29, 1.82) is 0 Å². The Kier molecular flexibility index (Phi) is 8.69. The summed E-state index contributed by atoms with van der Waals surface area (Å²) in [7, 11) is 1.72. The van der Waals surface area contributed by atoms with E-state index < -0.39 is 0 Å². The Hall–Kier alpha value is -2.85. The molecule has 10 nitrogen and oxygen atoms in total. The first-order valence-corrected chi connectivity index (χ1v) is 11.2. The molecule has 1 aliphatic carbocycles. The monoisotopic (exact) mass is 445 g/mol. The molecule has 0 bridgehead atoms. The summed E-state index contributed by atoms with van der Waals surface area (Å²) in [5.74, 6) is 7.59. The Morgan fingerprint density at radius 1 is 1.25 bits per heavy atom. The summed E-state index contributed by atoms with van der Waals surface area (Å²) in [5, 5.41) is 8.45. The zero-order valence-corrected chi connectivity index (χ0v) is 19.3. The first-order chi connectivity index (χ1) is 15.5. The summed E-state index contributed by atoms with van der Waals surface area (Å²) in [5.41, 5.74) is 8.97. The number of rotatable bonds is 11. The lowest BCUT2D eigenvalue weighted by Crippen LogP contribution is -2.32. The van der Waals surface area contributed by atoms with E-state index in [1.54, 1.807) is 7.05 Å². The van der Waals surface area contributed by atoms with Gasteiger partial charge in [0.15, 0.2) is 0 Å². The summed E-state index contributed by atoms with van der Waals surface area (Å²) in [4.78, 5) is 8.92. The Balaban J connectivity index is 1.66. The van der Waals surface area contributed by atoms with E-state index in [9.17, 15) is 0 Å². The van der Waals surface area contributed by atoms with Crippen molar-refractivity contribution in [3.05, 3.63) is 35.1 Å². The zero-order chi connectivity index (χ0) is 22.9. The molecule has 0 amide bonds. The Morgan fingerprint density at radius 3 is 2.72 bits per heavy atom. The molecule has 0 radical (unpaired) electrons. The number of pyridine rings is 1. The van der Waals surface area contributed by atoms with Crippen LogP contribution in [0.3, 0.4) is 0 Å². The molecule has 0 spiro atoms. The Morgan fingerprint density at radius 2 is 2.03 bits per heavy atom. The molecule has 1 fully saturated rings. The van der Waals surface area contributed by atoms with Gasteiger partial charge in [-0.05, 0) is 56.3 Å². The predicted octanol–water partition coefficient (Wildman–Crippen LogP) is 2.96. The van der Waals surface area contributed by atoms with Gasteiger partial charge in [-0.15, -0.1) is 0 Å². The average molecular weight is 446 g/mol. The molecule has 176 valence electrons. The van der Waals surface area contributed by atoms with Gasteiger partial charge in [-0.25, -0.2) is 10.8 Å². The van der Waals surface area contributed by atoms with Crippen molar-refractivity contribution < 1.29 is 14.0 Å². The number of anilines is 1. The quantitative estimate of drug-likeness (QED) is 0.269. The topological polar surface area (TPSA) is 138 Å². The minimum absolute atomic E-state index is 0.269. The summed E-state index contributed by atoms with van der Waals surface area (Å²) >= 11 is 0. The second-order valence-electron chi connectivity index (χ2n) is 8.05. The number of aromatic nitrogens is 3. The van der Waals surface area contributed by atoms with Gasteiger partial charge >= 0.3 is 0 Å². The molecule has 0 saturated heterocycles. The zero-order valence-electron chi connectivity index (χ0n) is 19.3. The van der Waals surface area contributed by atoms with Crippen LogP contribution in [0.5, 0.6) is 5.75 Å². The molecule has 1 aliphatic rings. The lowest BCUT2D eigenvalue weighted by molar-refractivity contribution is 0.0982. The summed E-state index contributed by atoms with van der Waals surface area (Å²) < 4.78 is 16.8. The fourth-order valence-corrected chi connectivity index (χ4v) is 3.60. The highest BCUT2D eigenvalue weighted by molar-refractivity contribution is 5.64. The van der Waals surface area contributed by atoms with Crippen LogP contribution in [-0.2, 0) is 11.3 Å². The van der Waals surface area contributed by atoms with E-state index in [1.807, 2.05) is 26.0 Å². The third-order valence-electron chi connectivity index (χ3n) is 5.35. The maximum atomic E-state index is 6.42. The average Bonchev–Trinajstić information content (AvgIpc) is 3.23. The van der Waals surface area contributed by atoms with Gasteiger partial charge in [0.1, 0.15) is 12.4 Å². The molecular formula is C22H35N7O3. The lowest BCUT2D eigenvalue weighted by atomic mass is 9.98. The van der Waals surface area contributed by atoms with Gasteiger partial charge in [-0.1, -0.05) is 13.3 Å². The van der Waals surface area contributed by atoms with E-state index >= 15 is 0 Å². The van der Waals surface area contributed by atoms with E-state index in [2.05, 4.69) is 20.4 Å². The second-order valence-corrected chi connectivity index (χ2v) is 8.05. The van der Waals surface area contributed by atoms with Crippen molar-refractivity contribution in [3.63, 3.8) is 0 Å². The molecule has 0 unspecified atom stereocenters. The molecule has 2 heterocycles. The van der Waals surface area contributed by atoms with E-state index in [1.165, 1.54) is 24.3 Å². The highest BCUT2D eigenvalue weighted by Crippen LogP contribution is 2.26. The van der Waals surface area contributed by atoms with Gasteiger partial charge in [0.05, 0.1) is 35.4 Å². The fraction of sp³-hybridized carbons (Fsp3) is 0.591. The number of aryl methyl sites for hydroxylation is 1. The molecule has 0 atom stereocenters. The molecule has 0 aliphatic heterocycles. The third-order valence-corrected chi connectivity index (χ3v) is 5.35. The number of nitrogens with zero attached hydrogens (tertiary/aromatic N) is 4. The van der Waals surface area contributed by atoms with Crippen LogP contribution in [0.1, 0.15) is 62.7 Å². The smallest absolute Gasteiger partial charge is 0.263 e. The first-order valence-electron chi connectivity index (χ1n) is 11.2. The minimum Gasteiger partial charge on any atom is -0.489 e. The van der Waals surface area contributed by atoms with Crippen LogP contribution in [0.15, 0.2) is 22.4 Å². The number of ether oxygens (including phenoxy) is 2. The van der Waals surface area contributed by atoms with Gasteiger partial charge < -0.3 is 30.1 Å². The fourth-order valence-electron chi connectivity index (χ4n) is 3.60. The van der Waals surface area contributed by atoms with Crippen LogP contribution < -0.4 is 21.6 Å². The molecule has 10 heteroatoms. The minimum atomic E-state index is 0.269. The predicted molar refractivity (Wildman–Crippen MR) is 122 cm³/mol. The van der Waals surface area contributed by atoms with Crippen LogP contribution >= 0.6 is 0 Å². The Bertz CT molecular complexity index is 891. The SMILES string of the molecule is CCCOCc1nc(NC/C(=C(/N)c2ccc(OC3CCCCC3)c(C)n2)N(C)N)no1. The van der Waals surface area contributed by atoms with Crippen LogP contribution in [0.2, 0.25) is 0 Å². The van der Waals surface area contributed by atoms with Gasteiger partial charge in [-0.2, -0.15) is 4.98 Å². The van der Waals surface area contributed by atoms with E-state index in [0.717, 1.165) is 30.7 Å². The maximum Gasteiger partial charge on any atom is 0.263 e. The first kappa shape index (κ1) is 23.8. The largest absolute Gasteiger partial charge is 0.489 e. The van der Waals surface area contributed by atoms with Crippen molar-refractivity contribution >= 4 is 11.6 Å². The van der Waals surface area contributed by atoms with Gasteiger partial charge in [0.2, 0.25) is 0 Å². The lowest BCUT2D eigenvalue weighted by Gasteiger charge is -2.24. The van der Waals surface area contributed by atoms with E-state index in [4.69, 9.17) is 25.6 Å². The highest BCUT2D eigenvalue weighted by Gasteiger charge is 2.18. The molecule has 2 aromatic heterocycles. The standard InChI is InChI=1S/C22H35N7O3/c1-4-12-30-14-20-27-22(28-32-20)25-13-18(29(3)24)21(23)17-10-11-19(15(2)26-17)31-16-8-6-5-7-9-16/h10-11,16H,4-9,12-14,23-24H2,1-3H3,(H,25,28)/b21-18-. The van der Waals surface area contributed by atoms with Crippen molar-refractivity contribution in [3.8, 4) is 5.75 Å². The summed E-state index contributed by atoms with van der Waals surface area (Å²) in [6.07, 6.45) is 7.12.